The number of rotatable bonds is 4. The van der Waals surface area contributed by atoms with E-state index >= 15 is 0 Å². The summed E-state index contributed by atoms with van der Waals surface area (Å²) >= 11 is 6.07. The van der Waals surface area contributed by atoms with Gasteiger partial charge in [-0.3, -0.25) is 9.80 Å². The lowest BCUT2D eigenvalue weighted by atomic mass is 9.87. The number of hydrogen-bond acceptors (Lipinski definition) is 4. The molecule has 0 saturated heterocycles. The number of esters is 1. The van der Waals surface area contributed by atoms with Crippen LogP contribution in [-0.2, 0) is 9.53 Å². The highest BCUT2D eigenvalue weighted by Gasteiger charge is 2.44. The summed E-state index contributed by atoms with van der Waals surface area (Å²) in [6.07, 6.45) is 0. The van der Waals surface area contributed by atoms with E-state index in [9.17, 15) is 4.79 Å². The lowest BCUT2D eigenvalue weighted by Crippen LogP contribution is -2.32. The Morgan fingerprint density at radius 3 is 2.14 bits per heavy atom. The maximum absolute atomic E-state index is 12.9. The number of ether oxygens (including phenoxy) is 1. The zero-order chi connectivity index (χ0) is 19.5. The largest absolute Gasteiger partial charge is 0.468 e. The van der Waals surface area contributed by atoms with Crippen LogP contribution in [0.4, 0.5) is 5.69 Å². The van der Waals surface area contributed by atoms with Gasteiger partial charge < -0.3 is 4.74 Å². The van der Waals surface area contributed by atoms with Gasteiger partial charge in [-0.2, -0.15) is 5.10 Å². The van der Waals surface area contributed by atoms with Gasteiger partial charge in [0.2, 0.25) is 0 Å². The van der Waals surface area contributed by atoms with Gasteiger partial charge in [-0.25, -0.2) is 0 Å². The molecule has 2 atom stereocenters. The number of halogens is 1. The summed E-state index contributed by atoms with van der Waals surface area (Å²) in [4.78, 5) is 12.9. The van der Waals surface area contributed by atoms with Crippen LogP contribution in [0.3, 0.4) is 0 Å². The molecule has 140 valence electrons. The summed E-state index contributed by atoms with van der Waals surface area (Å²) < 4.78 is 5.17. The molecule has 0 saturated carbocycles. The highest BCUT2D eigenvalue weighted by molar-refractivity contribution is 6.30. The first kappa shape index (κ1) is 18.3. The third-order valence-corrected chi connectivity index (χ3v) is 5.10. The quantitative estimate of drug-likeness (QED) is 0.582. The van der Waals surface area contributed by atoms with Crippen molar-refractivity contribution < 1.29 is 9.53 Å². The Hall–Kier alpha value is -3.11. The van der Waals surface area contributed by atoms with Crippen LogP contribution in [0.2, 0.25) is 5.02 Å². The van der Waals surface area contributed by atoms with Crippen molar-refractivity contribution in [1.82, 2.24) is 0 Å². The number of anilines is 1. The molecule has 1 aliphatic heterocycles. The molecule has 0 fully saturated rings. The molecular formula is C23H19ClN2O2. The third kappa shape index (κ3) is 3.39. The van der Waals surface area contributed by atoms with Gasteiger partial charge in [-0.1, -0.05) is 72.3 Å². The Morgan fingerprint density at radius 1 is 0.929 bits per heavy atom. The Morgan fingerprint density at radius 2 is 1.54 bits per heavy atom. The maximum atomic E-state index is 12.9. The lowest BCUT2D eigenvalue weighted by Gasteiger charge is -2.27. The minimum Gasteiger partial charge on any atom is -0.468 e. The molecular weight excluding hydrogens is 372 g/mol. The monoisotopic (exact) mass is 390 g/mol. The fourth-order valence-electron chi connectivity index (χ4n) is 3.54. The van der Waals surface area contributed by atoms with Crippen molar-refractivity contribution in [1.29, 1.82) is 0 Å². The number of hydrazone groups is 1. The van der Waals surface area contributed by atoms with Crippen LogP contribution in [0.1, 0.15) is 17.2 Å². The second-order valence-electron chi connectivity index (χ2n) is 6.53. The number of nitrogens with zero attached hydrogens (tertiary/aromatic N) is 2. The molecule has 28 heavy (non-hydrogen) atoms. The van der Waals surface area contributed by atoms with Gasteiger partial charge in [0.15, 0.2) is 0 Å². The molecule has 1 heterocycles. The first-order valence-corrected chi connectivity index (χ1v) is 9.38. The van der Waals surface area contributed by atoms with Crippen LogP contribution in [0, 0.1) is 5.92 Å². The normalized spacial score (nSPS) is 18.6. The average Bonchev–Trinajstić information content (AvgIpc) is 3.15. The van der Waals surface area contributed by atoms with Crippen molar-refractivity contribution >= 4 is 29.0 Å². The minimum atomic E-state index is -0.550. The molecule has 1 aliphatic rings. The van der Waals surface area contributed by atoms with Gasteiger partial charge in [0.25, 0.3) is 0 Å². The second-order valence-corrected chi connectivity index (χ2v) is 6.97. The number of carbonyl (C=O) groups excluding carboxylic acids is 1. The predicted molar refractivity (Wildman–Crippen MR) is 112 cm³/mol. The Kier molecular flexibility index (Phi) is 5.13. The van der Waals surface area contributed by atoms with Crippen LogP contribution >= 0.6 is 11.6 Å². The van der Waals surface area contributed by atoms with Crippen LogP contribution in [-0.4, -0.2) is 18.8 Å². The Bertz CT molecular complexity index is 988. The van der Waals surface area contributed by atoms with Crippen molar-refractivity contribution in [3.8, 4) is 0 Å². The highest BCUT2D eigenvalue weighted by Crippen LogP contribution is 2.41. The maximum Gasteiger partial charge on any atom is 0.317 e. The number of benzene rings is 3. The van der Waals surface area contributed by atoms with Crippen LogP contribution < -0.4 is 5.01 Å². The molecule has 4 nitrogen and oxygen atoms in total. The Labute approximate surface area is 169 Å². The first-order chi connectivity index (χ1) is 13.7. The van der Waals surface area contributed by atoms with Crippen molar-refractivity contribution in [3.05, 3.63) is 101 Å². The number of methoxy groups -OCH3 is 1. The molecule has 0 aromatic heterocycles. The van der Waals surface area contributed by atoms with E-state index in [0.29, 0.717) is 10.7 Å². The topological polar surface area (TPSA) is 41.9 Å². The number of hydrogen-bond donors (Lipinski definition) is 0. The van der Waals surface area contributed by atoms with Crippen LogP contribution in [0.5, 0.6) is 0 Å². The summed E-state index contributed by atoms with van der Waals surface area (Å²) in [5, 5.41) is 7.41. The molecule has 0 amide bonds. The van der Waals surface area contributed by atoms with Crippen LogP contribution in [0.25, 0.3) is 0 Å². The van der Waals surface area contributed by atoms with E-state index in [1.165, 1.54) is 7.11 Å². The van der Waals surface area contributed by atoms with Gasteiger partial charge in [0, 0.05) is 5.02 Å². The molecule has 0 bridgehead atoms. The fraction of sp³-hybridized carbons (Fsp3) is 0.130. The van der Waals surface area contributed by atoms with E-state index in [2.05, 4.69) is 0 Å². The minimum absolute atomic E-state index is 0.312. The summed E-state index contributed by atoms with van der Waals surface area (Å²) in [5.74, 6) is -0.863. The molecule has 5 heteroatoms. The van der Waals surface area contributed by atoms with E-state index in [4.69, 9.17) is 21.4 Å². The van der Waals surface area contributed by atoms with E-state index < -0.39 is 5.92 Å². The van der Waals surface area contributed by atoms with Gasteiger partial charge in [0.1, 0.15) is 5.92 Å². The predicted octanol–water partition coefficient (Wildman–Crippen LogP) is 5.09. The second kappa shape index (κ2) is 7.87. The van der Waals surface area contributed by atoms with E-state index in [-0.39, 0.29) is 12.0 Å². The van der Waals surface area contributed by atoms with Crippen molar-refractivity contribution in [2.45, 2.75) is 6.04 Å². The Balaban J connectivity index is 1.88. The first-order valence-electron chi connectivity index (χ1n) is 9.00. The molecule has 0 unspecified atom stereocenters. The SMILES string of the molecule is COC(=O)[C@H]1C(c2ccccc2)=NN(c2ccc(Cl)cc2)[C@@H]1c1ccccc1. The molecule has 3 aromatic rings. The average molecular weight is 391 g/mol. The van der Waals surface area contributed by atoms with Gasteiger partial charge >= 0.3 is 5.97 Å². The highest BCUT2D eigenvalue weighted by atomic mass is 35.5. The van der Waals surface area contributed by atoms with E-state index in [0.717, 1.165) is 16.8 Å². The molecule has 4 rings (SSSR count). The van der Waals surface area contributed by atoms with Crippen molar-refractivity contribution in [2.24, 2.45) is 11.0 Å². The third-order valence-electron chi connectivity index (χ3n) is 4.85. The summed E-state index contributed by atoms with van der Waals surface area (Å²) in [7, 11) is 1.41. The zero-order valence-electron chi connectivity index (χ0n) is 15.3. The molecule has 0 radical (unpaired) electrons. The van der Waals surface area contributed by atoms with Crippen molar-refractivity contribution in [3.63, 3.8) is 0 Å². The molecule has 0 aliphatic carbocycles. The molecule has 0 spiro atoms. The summed E-state index contributed by atoms with van der Waals surface area (Å²) in [6, 6.07) is 26.8. The lowest BCUT2D eigenvalue weighted by molar-refractivity contribution is -0.143. The zero-order valence-corrected chi connectivity index (χ0v) is 16.1. The van der Waals surface area contributed by atoms with E-state index in [1.807, 2.05) is 89.9 Å². The fourth-order valence-corrected chi connectivity index (χ4v) is 3.67. The van der Waals surface area contributed by atoms with Crippen LogP contribution in [0.15, 0.2) is 90.0 Å². The smallest absolute Gasteiger partial charge is 0.317 e. The molecule has 3 aromatic carbocycles. The van der Waals surface area contributed by atoms with Gasteiger partial charge in [0.05, 0.1) is 24.6 Å². The molecule has 0 N–H and O–H groups in total. The standard InChI is InChI=1S/C23H19ClN2O2/c1-28-23(27)20-21(16-8-4-2-5-9-16)25-26(19-14-12-18(24)13-15-19)22(20)17-10-6-3-7-11-17/h2-15,20,22H,1H3/t20-,22+/m0/s1. The van der Waals surface area contributed by atoms with E-state index in [1.54, 1.807) is 0 Å². The summed E-state index contributed by atoms with van der Waals surface area (Å²) in [6.45, 7) is 0. The van der Waals surface area contributed by atoms with Gasteiger partial charge in [-0.15, -0.1) is 0 Å². The van der Waals surface area contributed by atoms with Crippen molar-refractivity contribution in [2.75, 3.05) is 12.1 Å². The summed E-state index contributed by atoms with van der Waals surface area (Å²) in [5.41, 5.74) is 3.44. The number of carbonyl (C=O) groups is 1. The van der Waals surface area contributed by atoms with Gasteiger partial charge in [-0.05, 0) is 35.4 Å².